The molecule has 1 rings (SSSR count). The zero-order chi connectivity index (χ0) is 11.6. The lowest BCUT2D eigenvalue weighted by Crippen LogP contribution is -2.58. The highest BCUT2D eigenvalue weighted by Gasteiger charge is 2.47. The lowest BCUT2D eigenvalue weighted by atomic mass is 10.00. The second kappa shape index (κ2) is 5.24. The van der Waals surface area contributed by atoms with Gasteiger partial charge in [0.05, 0.1) is 6.61 Å². The second-order valence-electron chi connectivity index (χ2n) is 3.04. The Bertz CT molecular complexity index is 233. The Morgan fingerprint density at radius 3 is 2.27 bits per heavy atom. The smallest absolute Gasteiger partial charge is 0.394 e. The fourth-order valence-electron chi connectivity index (χ4n) is 1.24. The Hall–Kier alpha value is -0.180. The van der Waals surface area contributed by atoms with Crippen LogP contribution in [-0.4, -0.2) is 62.6 Å². The molecule has 9 heteroatoms. The van der Waals surface area contributed by atoms with E-state index in [-0.39, 0.29) is 0 Å². The summed E-state index contributed by atoms with van der Waals surface area (Å²) in [6.07, 6.45) is -7.50. The normalized spacial score (nSPS) is 42.7. The molecule has 0 aromatic carbocycles. The van der Waals surface area contributed by atoms with E-state index in [9.17, 15) is 19.9 Å². The largest absolute Gasteiger partial charge is 0.697 e. The van der Waals surface area contributed by atoms with Crippen molar-refractivity contribution in [3.63, 3.8) is 0 Å². The van der Waals surface area contributed by atoms with Gasteiger partial charge in [0.1, 0.15) is 24.4 Å². The first-order valence-corrected chi connectivity index (χ1v) is 5.23. The molecule has 1 fully saturated rings. The molecule has 0 aromatic heterocycles. The Balaban J connectivity index is 2.69. The van der Waals surface area contributed by atoms with E-state index in [4.69, 9.17) is 14.7 Å². The van der Waals surface area contributed by atoms with E-state index in [1.807, 2.05) is 0 Å². The van der Waals surface area contributed by atoms with Gasteiger partial charge in [-0.2, -0.15) is 0 Å². The van der Waals surface area contributed by atoms with Gasteiger partial charge in [-0.3, -0.25) is 0 Å². The fourth-order valence-corrected chi connectivity index (χ4v) is 1.60. The molecule has 15 heavy (non-hydrogen) atoms. The third-order valence-electron chi connectivity index (χ3n) is 2.04. The molecule has 5 N–H and O–H groups in total. The minimum Gasteiger partial charge on any atom is -0.394 e. The molecular formula is C6H12O8P+. The molecule has 1 heterocycles. The lowest BCUT2D eigenvalue weighted by Gasteiger charge is -2.36. The molecule has 0 spiro atoms. The van der Waals surface area contributed by atoms with Crippen molar-refractivity contribution in [3.05, 3.63) is 0 Å². The summed E-state index contributed by atoms with van der Waals surface area (Å²) in [6.45, 7) is -0.618. The molecule has 8 nitrogen and oxygen atoms in total. The van der Waals surface area contributed by atoms with Crippen LogP contribution in [0.3, 0.4) is 0 Å². The van der Waals surface area contributed by atoms with Crippen LogP contribution < -0.4 is 0 Å². The fraction of sp³-hybridized carbons (Fsp3) is 1.00. The number of ether oxygens (including phenoxy) is 1. The maximum atomic E-state index is 10.3. The van der Waals surface area contributed by atoms with E-state index < -0.39 is 45.6 Å². The van der Waals surface area contributed by atoms with Crippen LogP contribution in [0.2, 0.25) is 0 Å². The van der Waals surface area contributed by atoms with Crippen molar-refractivity contribution >= 4 is 8.25 Å². The van der Waals surface area contributed by atoms with Gasteiger partial charge >= 0.3 is 8.25 Å². The standard InChI is InChI=1S/C6H11O8P/c7-1-2-3(8)4(9)5(10)6(13-2)14-15(11)12/h2-10H,1H2/p+1/t2?,3-,4+,5?,6+/m1/s1. The molecule has 1 aliphatic rings. The first kappa shape index (κ1) is 12.9. The molecular weight excluding hydrogens is 231 g/mol. The first-order chi connectivity index (χ1) is 6.97. The highest BCUT2D eigenvalue weighted by atomic mass is 31.1. The van der Waals surface area contributed by atoms with Crippen LogP contribution in [0.1, 0.15) is 0 Å². The molecule has 1 aliphatic heterocycles. The Morgan fingerprint density at radius 2 is 1.80 bits per heavy atom. The summed E-state index contributed by atoms with van der Waals surface area (Å²) in [5, 5.41) is 36.6. The van der Waals surface area contributed by atoms with Crippen molar-refractivity contribution < 1.29 is 39.1 Å². The van der Waals surface area contributed by atoms with E-state index >= 15 is 0 Å². The SMILES string of the molecule is O=[P+](O)O[C@@H]1OC(CO)[C@@H](O)[C@H](O)C1O. The van der Waals surface area contributed by atoms with E-state index in [2.05, 4.69) is 4.52 Å². The third-order valence-corrected chi connectivity index (χ3v) is 2.43. The van der Waals surface area contributed by atoms with Crippen molar-refractivity contribution in [2.24, 2.45) is 0 Å². The molecule has 88 valence electrons. The minimum absolute atomic E-state index is 0.618. The predicted octanol–water partition coefficient (Wildman–Crippen LogP) is -2.55. The van der Waals surface area contributed by atoms with Crippen LogP contribution >= 0.6 is 8.25 Å². The van der Waals surface area contributed by atoms with Crippen LogP contribution in [0.15, 0.2) is 0 Å². The molecule has 0 amide bonds. The highest BCUT2D eigenvalue weighted by Crippen LogP contribution is 2.28. The average molecular weight is 243 g/mol. The van der Waals surface area contributed by atoms with Gasteiger partial charge in [0, 0.05) is 4.57 Å². The summed E-state index contributed by atoms with van der Waals surface area (Å²) in [5.41, 5.74) is 0. The molecule has 3 unspecified atom stereocenters. The number of aliphatic hydroxyl groups is 4. The molecule has 0 saturated carbocycles. The molecule has 6 atom stereocenters. The summed E-state index contributed by atoms with van der Waals surface area (Å²) in [4.78, 5) is 8.42. The van der Waals surface area contributed by atoms with Gasteiger partial charge < -0.3 is 25.2 Å². The summed E-state index contributed by atoms with van der Waals surface area (Å²) in [7, 11) is -3.02. The van der Waals surface area contributed by atoms with Crippen LogP contribution in [-0.2, 0) is 13.8 Å². The first-order valence-electron chi connectivity index (χ1n) is 4.10. The minimum atomic E-state index is -3.02. The van der Waals surface area contributed by atoms with Crippen molar-refractivity contribution in [3.8, 4) is 0 Å². The van der Waals surface area contributed by atoms with Crippen molar-refractivity contribution in [1.29, 1.82) is 0 Å². The van der Waals surface area contributed by atoms with E-state index in [1.54, 1.807) is 0 Å². The van der Waals surface area contributed by atoms with E-state index in [1.165, 1.54) is 0 Å². The van der Waals surface area contributed by atoms with Gasteiger partial charge in [0.2, 0.25) is 6.29 Å². The quantitative estimate of drug-likeness (QED) is 0.342. The summed E-state index contributed by atoms with van der Waals surface area (Å²) < 4.78 is 19.4. The lowest BCUT2D eigenvalue weighted by molar-refractivity contribution is -0.277. The second-order valence-corrected chi connectivity index (χ2v) is 3.73. The average Bonchev–Trinajstić information content (AvgIpc) is 2.18. The van der Waals surface area contributed by atoms with Gasteiger partial charge in [-0.05, 0) is 0 Å². The zero-order valence-corrected chi connectivity index (χ0v) is 8.40. The van der Waals surface area contributed by atoms with Gasteiger partial charge in [0.25, 0.3) is 0 Å². The number of hydrogen-bond donors (Lipinski definition) is 5. The number of rotatable bonds is 3. The van der Waals surface area contributed by atoms with Crippen LogP contribution in [0.5, 0.6) is 0 Å². The van der Waals surface area contributed by atoms with Crippen molar-refractivity contribution in [2.45, 2.75) is 30.7 Å². The van der Waals surface area contributed by atoms with Crippen LogP contribution in [0.4, 0.5) is 0 Å². The van der Waals surface area contributed by atoms with Crippen LogP contribution in [0.25, 0.3) is 0 Å². The Labute approximate surface area is 85.6 Å². The van der Waals surface area contributed by atoms with Crippen molar-refractivity contribution in [1.82, 2.24) is 0 Å². The monoisotopic (exact) mass is 243 g/mol. The van der Waals surface area contributed by atoms with Gasteiger partial charge in [-0.15, -0.1) is 4.89 Å². The van der Waals surface area contributed by atoms with Gasteiger partial charge in [-0.25, -0.2) is 0 Å². The summed E-state index contributed by atoms with van der Waals surface area (Å²) >= 11 is 0. The maximum Gasteiger partial charge on any atom is 0.697 e. The molecule has 0 aliphatic carbocycles. The molecule has 1 saturated heterocycles. The molecule has 0 bridgehead atoms. The maximum absolute atomic E-state index is 10.3. The van der Waals surface area contributed by atoms with E-state index in [0.717, 1.165) is 0 Å². The zero-order valence-electron chi connectivity index (χ0n) is 7.50. The predicted molar refractivity (Wildman–Crippen MR) is 44.7 cm³/mol. The van der Waals surface area contributed by atoms with Gasteiger partial charge in [-0.1, -0.05) is 4.52 Å². The number of aliphatic hydroxyl groups excluding tert-OH is 4. The third kappa shape index (κ3) is 2.90. The van der Waals surface area contributed by atoms with Crippen LogP contribution in [0, 0.1) is 0 Å². The van der Waals surface area contributed by atoms with Gasteiger partial charge in [0.15, 0.2) is 0 Å². The summed E-state index contributed by atoms with van der Waals surface area (Å²) in [5.74, 6) is 0. The Kier molecular flexibility index (Phi) is 4.50. The molecule has 0 aromatic rings. The topological polar surface area (TPSA) is 137 Å². The van der Waals surface area contributed by atoms with Crippen molar-refractivity contribution in [2.75, 3.05) is 6.61 Å². The van der Waals surface area contributed by atoms with E-state index in [0.29, 0.717) is 0 Å². The number of hydrogen-bond acceptors (Lipinski definition) is 7. The summed E-state index contributed by atoms with van der Waals surface area (Å²) in [6, 6.07) is 0. The Morgan fingerprint density at radius 1 is 1.20 bits per heavy atom. The highest BCUT2D eigenvalue weighted by molar-refractivity contribution is 7.32. The molecule has 0 radical (unpaired) electrons.